The van der Waals surface area contributed by atoms with Crippen molar-refractivity contribution in [1.29, 1.82) is 0 Å². The SMILES string of the molecule is C=C/C(COc1ccc(-c2ccc(Cl)c(C3CCC(=O)NC3=O)c2)c(Cl)c1)=N\N(C)C. The molecule has 0 saturated carbocycles. The molecule has 1 N–H and O–H groups in total. The maximum Gasteiger partial charge on any atom is 0.234 e. The standard InChI is InChI=1S/C23H23Cl2N3O3/c1-4-15(27-28(2)3)13-31-16-6-7-17(21(25)12-16)14-5-9-20(24)19(11-14)18-8-10-22(29)26-23(18)30/h4-7,9,11-12,18H,1,8,10,13H2,2-3H3,(H,26,29,30)/b27-15+. The Hall–Kier alpha value is -2.83. The second kappa shape index (κ2) is 9.98. The van der Waals surface area contributed by atoms with E-state index in [1.807, 2.05) is 38.4 Å². The molecule has 2 amide bonds. The van der Waals surface area contributed by atoms with E-state index < -0.39 is 5.92 Å². The number of imide groups is 1. The van der Waals surface area contributed by atoms with Gasteiger partial charge in [-0.2, -0.15) is 5.10 Å². The maximum absolute atomic E-state index is 12.3. The van der Waals surface area contributed by atoms with Crippen LogP contribution in [0, 0.1) is 0 Å². The van der Waals surface area contributed by atoms with Crippen molar-refractivity contribution in [3.05, 3.63) is 64.7 Å². The summed E-state index contributed by atoms with van der Waals surface area (Å²) < 4.78 is 5.77. The van der Waals surface area contributed by atoms with Crippen molar-refractivity contribution in [3.63, 3.8) is 0 Å². The van der Waals surface area contributed by atoms with Gasteiger partial charge in [-0.05, 0) is 54.0 Å². The normalized spacial score (nSPS) is 16.6. The van der Waals surface area contributed by atoms with Gasteiger partial charge in [-0.25, -0.2) is 0 Å². The van der Waals surface area contributed by atoms with Crippen LogP contribution >= 0.6 is 23.2 Å². The van der Waals surface area contributed by atoms with Crippen molar-refractivity contribution < 1.29 is 14.3 Å². The van der Waals surface area contributed by atoms with Crippen molar-refractivity contribution in [1.82, 2.24) is 10.3 Å². The van der Waals surface area contributed by atoms with Gasteiger partial charge in [0.25, 0.3) is 0 Å². The highest BCUT2D eigenvalue weighted by Gasteiger charge is 2.29. The molecule has 8 heteroatoms. The number of ether oxygens (including phenoxy) is 1. The predicted molar refractivity (Wildman–Crippen MR) is 124 cm³/mol. The Morgan fingerprint density at radius 1 is 1.23 bits per heavy atom. The summed E-state index contributed by atoms with van der Waals surface area (Å²) >= 11 is 12.9. The zero-order valence-corrected chi connectivity index (χ0v) is 18.8. The summed E-state index contributed by atoms with van der Waals surface area (Å²) in [6, 6.07) is 10.8. The molecule has 3 rings (SSSR count). The van der Waals surface area contributed by atoms with Gasteiger partial charge in [-0.15, -0.1) is 0 Å². The fourth-order valence-corrected chi connectivity index (χ4v) is 3.86. The summed E-state index contributed by atoms with van der Waals surface area (Å²) in [4.78, 5) is 23.7. The first-order valence-corrected chi connectivity index (χ1v) is 10.5. The molecule has 1 aliphatic rings. The van der Waals surface area contributed by atoms with Gasteiger partial charge in [0.05, 0.1) is 16.7 Å². The van der Waals surface area contributed by atoms with Crippen LogP contribution in [0.1, 0.15) is 24.3 Å². The summed E-state index contributed by atoms with van der Waals surface area (Å²) in [5, 5.41) is 9.31. The molecule has 0 radical (unpaired) electrons. The monoisotopic (exact) mass is 459 g/mol. The fourth-order valence-electron chi connectivity index (χ4n) is 3.33. The molecule has 0 bridgehead atoms. The van der Waals surface area contributed by atoms with Gasteiger partial charge in [0.1, 0.15) is 12.4 Å². The van der Waals surface area contributed by atoms with E-state index in [0.29, 0.717) is 33.5 Å². The molecule has 1 aliphatic heterocycles. The number of carbonyl (C=O) groups excluding carboxylic acids is 2. The number of piperidine rings is 1. The third kappa shape index (κ3) is 5.66. The number of carbonyl (C=O) groups is 2. The molecule has 1 atom stereocenters. The van der Waals surface area contributed by atoms with E-state index in [0.717, 1.165) is 11.1 Å². The summed E-state index contributed by atoms with van der Waals surface area (Å²) in [6.45, 7) is 4.00. The first kappa shape index (κ1) is 22.8. The van der Waals surface area contributed by atoms with E-state index in [4.69, 9.17) is 27.9 Å². The zero-order chi connectivity index (χ0) is 22.5. The van der Waals surface area contributed by atoms with Crippen LogP contribution < -0.4 is 10.1 Å². The molecular weight excluding hydrogens is 437 g/mol. The van der Waals surface area contributed by atoms with Crippen LogP contribution in [-0.2, 0) is 9.59 Å². The number of rotatable bonds is 7. The predicted octanol–water partition coefficient (Wildman–Crippen LogP) is 4.66. The van der Waals surface area contributed by atoms with Gasteiger partial charge in [0.2, 0.25) is 11.8 Å². The van der Waals surface area contributed by atoms with Gasteiger partial charge in [-0.3, -0.25) is 14.9 Å². The molecule has 6 nitrogen and oxygen atoms in total. The van der Waals surface area contributed by atoms with Crippen LogP contribution in [0.2, 0.25) is 10.0 Å². The second-order valence-corrected chi connectivity index (χ2v) is 8.13. The Morgan fingerprint density at radius 3 is 2.65 bits per heavy atom. The number of amides is 2. The zero-order valence-electron chi connectivity index (χ0n) is 17.3. The van der Waals surface area contributed by atoms with Crippen LogP contribution in [0.4, 0.5) is 0 Å². The van der Waals surface area contributed by atoms with Crippen LogP contribution in [0.15, 0.2) is 54.2 Å². The Kier molecular flexibility index (Phi) is 7.36. The maximum atomic E-state index is 12.3. The molecule has 0 aliphatic carbocycles. The van der Waals surface area contributed by atoms with E-state index in [1.54, 1.807) is 23.2 Å². The first-order chi connectivity index (χ1) is 14.8. The van der Waals surface area contributed by atoms with Crippen molar-refractivity contribution in [3.8, 4) is 16.9 Å². The van der Waals surface area contributed by atoms with E-state index >= 15 is 0 Å². The minimum absolute atomic E-state index is 0.262. The molecule has 0 aromatic heterocycles. The average molecular weight is 460 g/mol. The highest BCUT2D eigenvalue weighted by Crippen LogP contribution is 2.37. The summed E-state index contributed by atoms with van der Waals surface area (Å²) in [5.41, 5.74) is 2.97. The quantitative estimate of drug-likeness (QED) is 0.371. The highest BCUT2D eigenvalue weighted by molar-refractivity contribution is 6.34. The van der Waals surface area contributed by atoms with E-state index in [9.17, 15) is 9.59 Å². The Labute approximate surface area is 191 Å². The number of halogens is 2. The molecular formula is C23H23Cl2N3O3. The summed E-state index contributed by atoms with van der Waals surface area (Å²) in [7, 11) is 3.65. The topological polar surface area (TPSA) is 71.0 Å². The molecule has 2 aromatic carbocycles. The molecule has 1 saturated heterocycles. The van der Waals surface area contributed by atoms with Crippen molar-refractivity contribution in [2.24, 2.45) is 5.10 Å². The summed E-state index contributed by atoms with van der Waals surface area (Å²) in [5.74, 6) is -0.466. The molecule has 162 valence electrons. The number of hydrazone groups is 1. The Balaban J connectivity index is 1.82. The number of hydrogen-bond donors (Lipinski definition) is 1. The number of benzene rings is 2. The first-order valence-electron chi connectivity index (χ1n) is 9.71. The van der Waals surface area contributed by atoms with Crippen LogP contribution in [0.3, 0.4) is 0 Å². The molecule has 31 heavy (non-hydrogen) atoms. The molecule has 1 heterocycles. The van der Waals surface area contributed by atoms with Gasteiger partial charge in [0.15, 0.2) is 0 Å². The minimum atomic E-state index is -0.472. The van der Waals surface area contributed by atoms with Gasteiger partial charge in [0, 0.05) is 31.1 Å². The van der Waals surface area contributed by atoms with E-state index in [2.05, 4.69) is 17.0 Å². The van der Waals surface area contributed by atoms with E-state index in [1.165, 1.54) is 0 Å². The van der Waals surface area contributed by atoms with E-state index in [-0.39, 0.29) is 24.8 Å². The van der Waals surface area contributed by atoms with Crippen molar-refractivity contribution in [2.75, 3.05) is 20.7 Å². The number of hydrogen-bond acceptors (Lipinski definition) is 5. The van der Waals surface area contributed by atoms with Gasteiger partial charge in [-0.1, -0.05) is 35.8 Å². The third-order valence-electron chi connectivity index (χ3n) is 4.81. The third-order valence-corrected chi connectivity index (χ3v) is 5.47. The Bertz CT molecular complexity index is 1050. The van der Waals surface area contributed by atoms with Crippen LogP contribution in [-0.4, -0.2) is 43.2 Å². The molecule has 0 spiro atoms. The number of nitrogens with one attached hydrogen (secondary N) is 1. The lowest BCUT2D eigenvalue weighted by Crippen LogP contribution is -2.39. The van der Waals surface area contributed by atoms with Crippen LogP contribution in [0.25, 0.3) is 11.1 Å². The fraction of sp³-hybridized carbons (Fsp3) is 0.261. The van der Waals surface area contributed by atoms with Crippen LogP contribution in [0.5, 0.6) is 5.75 Å². The highest BCUT2D eigenvalue weighted by atomic mass is 35.5. The molecule has 2 aromatic rings. The van der Waals surface area contributed by atoms with Gasteiger partial charge >= 0.3 is 0 Å². The largest absolute Gasteiger partial charge is 0.487 e. The lowest BCUT2D eigenvalue weighted by Gasteiger charge is -2.22. The lowest BCUT2D eigenvalue weighted by atomic mass is 9.88. The summed E-state index contributed by atoms with van der Waals surface area (Å²) in [6.07, 6.45) is 2.35. The smallest absolute Gasteiger partial charge is 0.234 e. The average Bonchev–Trinajstić information content (AvgIpc) is 2.72. The minimum Gasteiger partial charge on any atom is -0.487 e. The lowest BCUT2D eigenvalue weighted by molar-refractivity contribution is -0.134. The molecule has 1 unspecified atom stereocenters. The number of nitrogens with zero attached hydrogens (tertiary/aromatic N) is 2. The van der Waals surface area contributed by atoms with Crippen molar-refractivity contribution >= 4 is 40.7 Å². The molecule has 1 fully saturated rings. The van der Waals surface area contributed by atoms with Gasteiger partial charge < -0.3 is 9.75 Å². The van der Waals surface area contributed by atoms with Crippen molar-refractivity contribution in [2.45, 2.75) is 18.8 Å². The Morgan fingerprint density at radius 2 is 2.00 bits per heavy atom. The second-order valence-electron chi connectivity index (χ2n) is 7.31.